The molecule has 0 radical (unpaired) electrons. The number of carbonyl (C=O) groups excluding carboxylic acids is 1. The van der Waals surface area contributed by atoms with Gasteiger partial charge in [0.2, 0.25) is 5.91 Å². The molecule has 19 heavy (non-hydrogen) atoms. The third kappa shape index (κ3) is 7.54. The monoisotopic (exact) mass is 281 g/mol. The van der Waals surface area contributed by atoms with E-state index in [4.69, 9.17) is 10.2 Å². The minimum Gasteiger partial charge on any atom is -0.508 e. The lowest BCUT2D eigenvalue weighted by atomic mass is 10.2. The Kier molecular flexibility index (Phi) is 7.77. The lowest BCUT2D eigenvalue weighted by molar-refractivity contribution is -0.116. The van der Waals surface area contributed by atoms with Crippen LogP contribution in [0.3, 0.4) is 0 Å². The Labute approximate surface area is 117 Å². The zero-order valence-corrected chi connectivity index (χ0v) is 11.5. The number of aromatic hydroxyl groups is 1. The number of aliphatic hydroxyl groups is 1. The SMILES string of the molecule is O=C(/C=C/c1ccc(O)cc1)NCCSCCCO. The van der Waals surface area contributed by atoms with Crippen LogP contribution in [-0.4, -0.2) is 40.8 Å². The van der Waals surface area contributed by atoms with Crippen LogP contribution in [0.2, 0.25) is 0 Å². The number of phenols is 1. The van der Waals surface area contributed by atoms with Crippen LogP contribution >= 0.6 is 11.8 Å². The molecular weight excluding hydrogens is 262 g/mol. The van der Waals surface area contributed by atoms with Crippen LogP contribution in [0.4, 0.5) is 0 Å². The Morgan fingerprint density at radius 3 is 2.68 bits per heavy atom. The van der Waals surface area contributed by atoms with Crippen molar-refractivity contribution < 1.29 is 15.0 Å². The number of amides is 1. The normalized spacial score (nSPS) is 10.8. The van der Waals surface area contributed by atoms with E-state index in [-0.39, 0.29) is 18.3 Å². The second-order valence-corrected chi connectivity index (χ2v) is 5.13. The minimum atomic E-state index is -0.129. The molecule has 5 heteroatoms. The minimum absolute atomic E-state index is 0.129. The summed E-state index contributed by atoms with van der Waals surface area (Å²) in [6, 6.07) is 6.64. The van der Waals surface area contributed by atoms with Gasteiger partial charge in [-0.3, -0.25) is 4.79 Å². The van der Waals surface area contributed by atoms with E-state index in [2.05, 4.69) is 5.32 Å². The van der Waals surface area contributed by atoms with E-state index >= 15 is 0 Å². The van der Waals surface area contributed by atoms with Crippen molar-refractivity contribution in [1.82, 2.24) is 5.32 Å². The predicted molar refractivity (Wildman–Crippen MR) is 79.2 cm³/mol. The van der Waals surface area contributed by atoms with Crippen molar-refractivity contribution in [2.24, 2.45) is 0 Å². The van der Waals surface area contributed by atoms with Gasteiger partial charge in [-0.05, 0) is 35.9 Å². The van der Waals surface area contributed by atoms with Crippen LogP contribution in [0.25, 0.3) is 6.08 Å². The molecule has 3 N–H and O–H groups in total. The lowest BCUT2D eigenvalue weighted by Gasteiger charge is -2.01. The predicted octanol–water partition coefficient (Wildman–Crippen LogP) is 1.64. The molecule has 104 valence electrons. The third-order valence-corrected chi connectivity index (χ3v) is 3.38. The number of aliphatic hydroxyl groups excluding tert-OH is 1. The fourth-order valence-corrected chi connectivity index (χ4v) is 2.12. The van der Waals surface area contributed by atoms with Gasteiger partial charge in [0.1, 0.15) is 5.75 Å². The summed E-state index contributed by atoms with van der Waals surface area (Å²) in [5, 5.41) is 20.5. The molecule has 0 bridgehead atoms. The van der Waals surface area contributed by atoms with E-state index in [9.17, 15) is 4.79 Å². The quantitative estimate of drug-likeness (QED) is 0.500. The number of hydrogen-bond acceptors (Lipinski definition) is 4. The molecule has 0 saturated carbocycles. The first-order valence-corrected chi connectivity index (χ1v) is 7.31. The first kappa shape index (κ1) is 15.6. The van der Waals surface area contributed by atoms with Gasteiger partial charge in [-0.1, -0.05) is 12.1 Å². The Balaban J connectivity index is 2.18. The van der Waals surface area contributed by atoms with Gasteiger partial charge in [0.25, 0.3) is 0 Å². The van der Waals surface area contributed by atoms with Crippen molar-refractivity contribution in [2.75, 3.05) is 24.7 Å². The lowest BCUT2D eigenvalue weighted by Crippen LogP contribution is -2.23. The van der Waals surface area contributed by atoms with Crippen LogP contribution in [-0.2, 0) is 4.79 Å². The average Bonchev–Trinajstić information content (AvgIpc) is 2.42. The summed E-state index contributed by atoms with van der Waals surface area (Å²) in [7, 11) is 0. The Bertz CT molecular complexity index is 404. The van der Waals surface area contributed by atoms with Crippen molar-refractivity contribution in [2.45, 2.75) is 6.42 Å². The van der Waals surface area contributed by atoms with Crippen LogP contribution in [0.1, 0.15) is 12.0 Å². The van der Waals surface area contributed by atoms with Crippen molar-refractivity contribution >= 4 is 23.7 Å². The molecule has 0 aliphatic heterocycles. The molecule has 0 fully saturated rings. The summed E-state index contributed by atoms with van der Waals surface area (Å²) in [4.78, 5) is 11.5. The van der Waals surface area contributed by atoms with E-state index in [1.165, 1.54) is 6.08 Å². The zero-order chi connectivity index (χ0) is 13.9. The molecular formula is C14H19NO3S. The highest BCUT2D eigenvalue weighted by Gasteiger charge is 1.95. The molecule has 1 rings (SSSR count). The zero-order valence-electron chi connectivity index (χ0n) is 10.7. The molecule has 0 aliphatic rings. The molecule has 0 unspecified atom stereocenters. The van der Waals surface area contributed by atoms with E-state index in [0.717, 1.165) is 23.5 Å². The molecule has 4 nitrogen and oxygen atoms in total. The molecule has 0 atom stereocenters. The highest BCUT2D eigenvalue weighted by Crippen LogP contribution is 2.10. The molecule has 0 heterocycles. The summed E-state index contributed by atoms with van der Waals surface area (Å²) >= 11 is 1.71. The molecule has 1 aromatic carbocycles. The van der Waals surface area contributed by atoms with Gasteiger partial charge in [-0.25, -0.2) is 0 Å². The largest absolute Gasteiger partial charge is 0.508 e. The van der Waals surface area contributed by atoms with Crippen LogP contribution in [0.15, 0.2) is 30.3 Å². The molecule has 1 amide bonds. The summed E-state index contributed by atoms with van der Waals surface area (Å²) in [6.45, 7) is 0.837. The van der Waals surface area contributed by atoms with E-state index in [1.54, 1.807) is 42.1 Å². The molecule has 1 aromatic rings. The van der Waals surface area contributed by atoms with Gasteiger partial charge in [-0.2, -0.15) is 11.8 Å². The molecule has 0 spiro atoms. The van der Waals surface area contributed by atoms with Crippen LogP contribution < -0.4 is 5.32 Å². The van der Waals surface area contributed by atoms with Gasteiger partial charge < -0.3 is 15.5 Å². The number of thioether (sulfide) groups is 1. The maximum Gasteiger partial charge on any atom is 0.244 e. The number of benzene rings is 1. The standard InChI is InChI=1S/C14H19NO3S/c16-9-1-10-19-11-8-15-14(18)7-4-12-2-5-13(17)6-3-12/h2-7,16-17H,1,8-11H2,(H,15,18)/b7-4+. The number of rotatable bonds is 8. The average molecular weight is 281 g/mol. The van der Waals surface area contributed by atoms with Gasteiger partial charge in [-0.15, -0.1) is 0 Å². The van der Waals surface area contributed by atoms with E-state index < -0.39 is 0 Å². The fourth-order valence-electron chi connectivity index (χ4n) is 1.33. The summed E-state index contributed by atoms with van der Waals surface area (Å²) in [5.41, 5.74) is 0.866. The molecule has 0 aromatic heterocycles. The van der Waals surface area contributed by atoms with Gasteiger partial charge in [0.05, 0.1) is 0 Å². The number of hydrogen-bond donors (Lipinski definition) is 3. The third-order valence-electron chi connectivity index (χ3n) is 2.31. The second-order valence-electron chi connectivity index (χ2n) is 3.91. The number of nitrogens with one attached hydrogen (secondary N) is 1. The summed E-state index contributed by atoms with van der Waals surface area (Å²) < 4.78 is 0. The van der Waals surface area contributed by atoms with E-state index in [1.807, 2.05) is 0 Å². The van der Waals surface area contributed by atoms with Gasteiger partial charge in [0, 0.05) is 25.0 Å². The van der Waals surface area contributed by atoms with Gasteiger partial charge >= 0.3 is 0 Å². The Morgan fingerprint density at radius 2 is 2.00 bits per heavy atom. The van der Waals surface area contributed by atoms with Crippen molar-refractivity contribution in [1.29, 1.82) is 0 Å². The highest BCUT2D eigenvalue weighted by molar-refractivity contribution is 7.99. The van der Waals surface area contributed by atoms with Gasteiger partial charge in [0.15, 0.2) is 0 Å². The first-order chi connectivity index (χ1) is 9.22. The Morgan fingerprint density at radius 1 is 1.26 bits per heavy atom. The van der Waals surface area contributed by atoms with Crippen LogP contribution in [0.5, 0.6) is 5.75 Å². The highest BCUT2D eigenvalue weighted by atomic mass is 32.2. The van der Waals surface area contributed by atoms with Crippen LogP contribution in [0, 0.1) is 0 Å². The molecule has 0 aliphatic carbocycles. The topological polar surface area (TPSA) is 69.6 Å². The number of phenolic OH excluding ortho intramolecular Hbond substituents is 1. The van der Waals surface area contributed by atoms with E-state index in [0.29, 0.717) is 6.54 Å². The summed E-state index contributed by atoms with van der Waals surface area (Å²) in [6.07, 6.45) is 3.97. The maximum atomic E-state index is 11.5. The first-order valence-electron chi connectivity index (χ1n) is 6.16. The maximum absolute atomic E-state index is 11.5. The fraction of sp³-hybridized carbons (Fsp3) is 0.357. The van der Waals surface area contributed by atoms with Crippen molar-refractivity contribution in [3.05, 3.63) is 35.9 Å². The van der Waals surface area contributed by atoms with Crippen molar-refractivity contribution in [3.8, 4) is 5.75 Å². The summed E-state index contributed by atoms with van der Waals surface area (Å²) in [5.74, 6) is 1.84. The molecule has 0 saturated heterocycles. The van der Waals surface area contributed by atoms with Crippen molar-refractivity contribution in [3.63, 3.8) is 0 Å². The smallest absolute Gasteiger partial charge is 0.244 e. The number of carbonyl (C=O) groups is 1. The Hall–Kier alpha value is -1.46. The second kappa shape index (κ2) is 9.47.